The Morgan fingerprint density at radius 1 is 1.21 bits per heavy atom. The van der Waals surface area contributed by atoms with Crippen LogP contribution in [0.1, 0.15) is 19.2 Å². The zero-order chi connectivity index (χ0) is 23.4. The number of sulfonamides is 1. The van der Waals surface area contributed by atoms with Crippen molar-refractivity contribution in [1.29, 1.82) is 0 Å². The number of pyridine rings is 1. The van der Waals surface area contributed by atoms with Crippen LogP contribution in [0.4, 0.5) is 5.69 Å². The van der Waals surface area contributed by atoms with Gasteiger partial charge in [0.1, 0.15) is 5.82 Å². The van der Waals surface area contributed by atoms with Gasteiger partial charge in [0, 0.05) is 32.5 Å². The average Bonchev–Trinajstić information content (AvgIpc) is 3.20. The number of anilines is 1. The Kier molecular flexibility index (Phi) is 7.32. The van der Waals surface area contributed by atoms with E-state index in [0.717, 1.165) is 16.4 Å². The minimum absolute atomic E-state index is 0.126. The molecule has 0 bridgehead atoms. The van der Waals surface area contributed by atoms with Gasteiger partial charge < -0.3 is 14.6 Å². The van der Waals surface area contributed by atoms with Gasteiger partial charge in [0.05, 0.1) is 46.1 Å². The highest BCUT2D eigenvalue weighted by atomic mass is 32.2. The summed E-state index contributed by atoms with van der Waals surface area (Å²) in [5.41, 5.74) is 2.11. The molecule has 1 fully saturated rings. The van der Waals surface area contributed by atoms with Gasteiger partial charge in [-0.15, -0.1) is 11.8 Å². The first kappa shape index (κ1) is 23.7. The van der Waals surface area contributed by atoms with E-state index in [2.05, 4.69) is 15.3 Å². The molecule has 33 heavy (non-hydrogen) atoms. The van der Waals surface area contributed by atoms with E-state index in [1.807, 2.05) is 29.9 Å². The summed E-state index contributed by atoms with van der Waals surface area (Å²) in [5, 5.41) is 3.75. The molecule has 1 aliphatic heterocycles. The molecule has 1 saturated heterocycles. The van der Waals surface area contributed by atoms with Gasteiger partial charge >= 0.3 is 0 Å². The average molecular weight is 490 g/mol. The van der Waals surface area contributed by atoms with E-state index >= 15 is 0 Å². The number of imidazole rings is 1. The fourth-order valence-corrected chi connectivity index (χ4v) is 5.61. The van der Waals surface area contributed by atoms with Crippen molar-refractivity contribution >= 4 is 44.4 Å². The van der Waals surface area contributed by atoms with Gasteiger partial charge in [-0.2, -0.15) is 4.31 Å². The summed E-state index contributed by atoms with van der Waals surface area (Å²) < 4.78 is 34.7. The molecule has 0 saturated carbocycles. The number of hydrogen-bond acceptors (Lipinski definition) is 7. The van der Waals surface area contributed by atoms with Crippen molar-refractivity contribution in [2.45, 2.75) is 36.2 Å². The van der Waals surface area contributed by atoms with Crippen LogP contribution in [0.15, 0.2) is 46.5 Å². The molecule has 176 valence electrons. The minimum atomic E-state index is -3.60. The molecular weight excluding hydrogens is 462 g/mol. The maximum absolute atomic E-state index is 13.0. The summed E-state index contributed by atoms with van der Waals surface area (Å²) in [6, 6.07) is 8.73. The third-order valence-electron chi connectivity index (χ3n) is 5.53. The molecular formula is C22H27N5O4S2. The van der Waals surface area contributed by atoms with Crippen LogP contribution in [-0.2, 0) is 32.5 Å². The molecule has 1 N–H and O–H groups in total. The Labute approximate surface area is 197 Å². The number of hydrogen-bond donors (Lipinski definition) is 1. The van der Waals surface area contributed by atoms with Crippen molar-refractivity contribution in [2.24, 2.45) is 0 Å². The molecule has 1 aromatic carbocycles. The molecule has 3 aromatic rings. The fraction of sp³-hybridized carbons (Fsp3) is 0.409. The number of thioether (sulfide) groups is 1. The number of carbonyl (C=O) groups is 1. The SMILES string of the molecule is CCn1c(CCC(=O)Nc2ccc(SC)nc2)nc2cc(S(=O)(=O)N3CCOCC3)ccc21. The second-order valence-electron chi connectivity index (χ2n) is 7.58. The summed E-state index contributed by atoms with van der Waals surface area (Å²) in [6.45, 7) is 4.16. The Hall–Kier alpha value is -2.47. The van der Waals surface area contributed by atoms with E-state index in [1.165, 1.54) is 16.1 Å². The number of carbonyl (C=O) groups excluding carboxylic acids is 1. The number of aromatic nitrogens is 3. The first-order chi connectivity index (χ1) is 15.9. The van der Waals surface area contributed by atoms with E-state index in [9.17, 15) is 13.2 Å². The molecule has 1 aliphatic rings. The molecule has 11 heteroatoms. The highest BCUT2D eigenvalue weighted by molar-refractivity contribution is 7.98. The van der Waals surface area contributed by atoms with E-state index in [-0.39, 0.29) is 17.2 Å². The minimum Gasteiger partial charge on any atom is -0.379 e. The Morgan fingerprint density at radius 2 is 2.00 bits per heavy atom. The van der Waals surface area contributed by atoms with Gasteiger partial charge in [-0.05, 0) is 43.5 Å². The third-order valence-corrected chi connectivity index (χ3v) is 8.08. The number of rotatable bonds is 8. The summed E-state index contributed by atoms with van der Waals surface area (Å²) in [5.74, 6) is 0.624. The lowest BCUT2D eigenvalue weighted by molar-refractivity contribution is -0.116. The number of benzene rings is 1. The normalized spacial score (nSPS) is 15.1. The number of nitrogens with one attached hydrogen (secondary N) is 1. The smallest absolute Gasteiger partial charge is 0.243 e. The van der Waals surface area contributed by atoms with E-state index in [0.29, 0.717) is 50.5 Å². The molecule has 9 nitrogen and oxygen atoms in total. The lowest BCUT2D eigenvalue weighted by Gasteiger charge is -2.26. The predicted molar refractivity (Wildman–Crippen MR) is 128 cm³/mol. The number of morpholine rings is 1. The van der Waals surface area contributed by atoms with Crippen LogP contribution in [0.25, 0.3) is 11.0 Å². The summed E-state index contributed by atoms with van der Waals surface area (Å²) in [4.78, 5) is 21.6. The van der Waals surface area contributed by atoms with Crippen molar-refractivity contribution in [3.8, 4) is 0 Å². The van der Waals surface area contributed by atoms with Crippen molar-refractivity contribution in [3.05, 3.63) is 42.4 Å². The molecule has 0 unspecified atom stereocenters. The Balaban J connectivity index is 1.49. The van der Waals surface area contributed by atoms with E-state index in [1.54, 1.807) is 24.4 Å². The molecule has 2 aromatic heterocycles. The molecule has 0 radical (unpaired) electrons. The standard InChI is InChI=1S/C22H27N5O4S2/c1-3-27-19-6-5-17(33(29,30)26-10-12-31-13-11-26)14-18(19)25-20(27)7-8-21(28)24-16-4-9-22(32-2)23-15-16/h4-6,9,14-15H,3,7-8,10-13H2,1-2H3,(H,24,28). The van der Waals surface area contributed by atoms with Crippen LogP contribution in [0.5, 0.6) is 0 Å². The fourth-order valence-electron chi connectivity index (χ4n) is 3.82. The summed E-state index contributed by atoms with van der Waals surface area (Å²) in [6.07, 6.45) is 4.28. The van der Waals surface area contributed by atoms with Crippen molar-refractivity contribution < 1.29 is 17.9 Å². The molecule has 0 spiro atoms. The number of aryl methyl sites for hydroxylation is 2. The second-order valence-corrected chi connectivity index (χ2v) is 10.3. The van der Waals surface area contributed by atoms with Crippen LogP contribution >= 0.6 is 11.8 Å². The topological polar surface area (TPSA) is 106 Å². The van der Waals surface area contributed by atoms with E-state index < -0.39 is 10.0 Å². The number of nitrogens with zero attached hydrogens (tertiary/aromatic N) is 4. The van der Waals surface area contributed by atoms with E-state index in [4.69, 9.17) is 4.74 Å². The number of fused-ring (bicyclic) bond motifs is 1. The van der Waals surface area contributed by atoms with Gasteiger partial charge in [-0.3, -0.25) is 4.79 Å². The van der Waals surface area contributed by atoms with Crippen molar-refractivity contribution in [1.82, 2.24) is 18.8 Å². The largest absolute Gasteiger partial charge is 0.379 e. The van der Waals surface area contributed by atoms with Gasteiger partial charge in [0.25, 0.3) is 0 Å². The van der Waals surface area contributed by atoms with Crippen molar-refractivity contribution in [3.63, 3.8) is 0 Å². The van der Waals surface area contributed by atoms with Gasteiger partial charge in [-0.25, -0.2) is 18.4 Å². The molecule has 1 amide bonds. The quantitative estimate of drug-likeness (QED) is 0.485. The zero-order valence-corrected chi connectivity index (χ0v) is 20.3. The van der Waals surface area contributed by atoms with Crippen LogP contribution in [-0.4, -0.2) is 65.7 Å². The van der Waals surface area contributed by atoms with Gasteiger partial charge in [0.2, 0.25) is 15.9 Å². The van der Waals surface area contributed by atoms with Gasteiger partial charge in [-0.1, -0.05) is 0 Å². The van der Waals surface area contributed by atoms with Crippen LogP contribution < -0.4 is 5.32 Å². The Morgan fingerprint density at radius 3 is 2.67 bits per heavy atom. The molecule has 0 aliphatic carbocycles. The highest BCUT2D eigenvalue weighted by Gasteiger charge is 2.27. The predicted octanol–water partition coefficient (Wildman–Crippen LogP) is 2.77. The van der Waals surface area contributed by atoms with Crippen LogP contribution in [0.2, 0.25) is 0 Å². The third kappa shape index (κ3) is 5.21. The maximum atomic E-state index is 13.0. The summed E-state index contributed by atoms with van der Waals surface area (Å²) in [7, 11) is -3.60. The first-order valence-electron chi connectivity index (χ1n) is 10.8. The number of amides is 1. The second kappa shape index (κ2) is 10.2. The van der Waals surface area contributed by atoms with Crippen LogP contribution in [0, 0.1) is 0 Å². The lowest BCUT2D eigenvalue weighted by atomic mass is 10.2. The Bertz CT molecular complexity index is 1240. The highest BCUT2D eigenvalue weighted by Crippen LogP contribution is 2.24. The molecule has 4 rings (SSSR count). The van der Waals surface area contributed by atoms with Crippen LogP contribution in [0.3, 0.4) is 0 Å². The first-order valence-corrected chi connectivity index (χ1v) is 13.5. The molecule has 0 atom stereocenters. The lowest BCUT2D eigenvalue weighted by Crippen LogP contribution is -2.40. The van der Waals surface area contributed by atoms with Gasteiger partial charge in [0.15, 0.2) is 0 Å². The monoisotopic (exact) mass is 489 g/mol. The van der Waals surface area contributed by atoms with Crippen molar-refractivity contribution in [2.75, 3.05) is 37.9 Å². The molecule has 3 heterocycles. The maximum Gasteiger partial charge on any atom is 0.243 e. The summed E-state index contributed by atoms with van der Waals surface area (Å²) >= 11 is 1.54. The number of ether oxygens (including phenoxy) is 1. The zero-order valence-electron chi connectivity index (χ0n) is 18.7.